The molecule has 0 fully saturated rings. The highest BCUT2D eigenvalue weighted by Gasteiger charge is 2.05. The van der Waals surface area contributed by atoms with Crippen molar-refractivity contribution in [3.05, 3.63) is 30.1 Å². The molecule has 3 nitrogen and oxygen atoms in total. The topological polar surface area (TPSA) is 42.0 Å². The van der Waals surface area contributed by atoms with Crippen LogP contribution in [-0.4, -0.2) is 22.3 Å². The lowest BCUT2D eigenvalue weighted by Crippen LogP contribution is -2.28. The summed E-state index contributed by atoms with van der Waals surface area (Å²) in [5, 5.41) is 2.75. The lowest BCUT2D eigenvalue weighted by Gasteiger charge is -2.05. The van der Waals surface area contributed by atoms with Gasteiger partial charge in [0.1, 0.15) is 5.69 Å². The van der Waals surface area contributed by atoms with Crippen LogP contribution in [0.15, 0.2) is 24.4 Å². The molecule has 1 N–H and O–H groups in total. The second kappa shape index (κ2) is 4.97. The monoisotopic (exact) mass is 242 g/mol. The summed E-state index contributed by atoms with van der Waals surface area (Å²) < 4.78 is 0. The number of hydrogen-bond donors (Lipinski definition) is 1. The molecular formula is C9H11BrN2O. The standard InChI is InChI=1S/C9H11BrN2O/c1-7(10)6-12-9(13)8-4-2-3-5-11-8/h2-5,7H,6H2,1H3,(H,12,13). The van der Waals surface area contributed by atoms with Crippen LogP contribution in [0.2, 0.25) is 0 Å². The number of rotatable bonds is 3. The molecule has 1 amide bonds. The molecule has 0 radical (unpaired) electrons. The van der Waals surface area contributed by atoms with Crippen molar-refractivity contribution in [3.63, 3.8) is 0 Å². The summed E-state index contributed by atoms with van der Waals surface area (Å²) >= 11 is 3.34. The number of nitrogens with one attached hydrogen (secondary N) is 1. The van der Waals surface area contributed by atoms with Gasteiger partial charge in [0.2, 0.25) is 0 Å². The third kappa shape index (κ3) is 3.55. The van der Waals surface area contributed by atoms with Crippen LogP contribution in [-0.2, 0) is 0 Å². The Bertz CT molecular complexity index is 274. The van der Waals surface area contributed by atoms with E-state index in [-0.39, 0.29) is 10.7 Å². The Labute approximate surface area is 85.7 Å². The fourth-order valence-electron chi connectivity index (χ4n) is 0.821. The van der Waals surface area contributed by atoms with Crippen LogP contribution in [0.4, 0.5) is 0 Å². The Kier molecular flexibility index (Phi) is 3.89. The van der Waals surface area contributed by atoms with Gasteiger partial charge in [-0.05, 0) is 12.1 Å². The summed E-state index contributed by atoms with van der Waals surface area (Å²) in [4.78, 5) is 15.6. The zero-order valence-corrected chi connectivity index (χ0v) is 8.91. The average Bonchev–Trinajstić information content (AvgIpc) is 2.15. The lowest BCUT2D eigenvalue weighted by molar-refractivity contribution is 0.0949. The minimum absolute atomic E-state index is 0.132. The molecule has 1 aromatic heterocycles. The summed E-state index contributed by atoms with van der Waals surface area (Å²) in [6.45, 7) is 2.58. The predicted molar refractivity (Wildman–Crippen MR) is 55.0 cm³/mol. The number of carbonyl (C=O) groups excluding carboxylic acids is 1. The van der Waals surface area contributed by atoms with Crippen molar-refractivity contribution in [1.82, 2.24) is 10.3 Å². The van der Waals surface area contributed by atoms with Gasteiger partial charge in [-0.1, -0.05) is 28.9 Å². The Morgan fingerprint density at radius 2 is 2.46 bits per heavy atom. The Hall–Kier alpha value is -0.900. The molecule has 0 saturated heterocycles. The zero-order valence-electron chi connectivity index (χ0n) is 7.33. The average molecular weight is 243 g/mol. The first-order valence-electron chi connectivity index (χ1n) is 4.03. The van der Waals surface area contributed by atoms with Crippen LogP contribution < -0.4 is 5.32 Å². The van der Waals surface area contributed by atoms with E-state index in [9.17, 15) is 4.79 Å². The molecular weight excluding hydrogens is 232 g/mol. The van der Waals surface area contributed by atoms with Crippen molar-refractivity contribution in [1.29, 1.82) is 0 Å². The van der Waals surface area contributed by atoms with Gasteiger partial charge >= 0.3 is 0 Å². The van der Waals surface area contributed by atoms with Gasteiger partial charge in [-0.15, -0.1) is 0 Å². The van der Waals surface area contributed by atoms with Gasteiger partial charge in [-0.3, -0.25) is 9.78 Å². The number of alkyl halides is 1. The van der Waals surface area contributed by atoms with Crippen molar-refractivity contribution in [3.8, 4) is 0 Å². The van der Waals surface area contributed by atoms with E-state index >= 15 is 0 Å². The number of hydrogen-bond acceptors (Lipinski definition) is 2. The first-order valence-corrected chi connectivity index (χ1v) is 4.95. The van der Waals surface area contributed by atoms with Crippen molar-refractivity contribution in [2.45, 2.75) is 11.8 Å². The quantitative estimate of drug-likeness (QED) is 0.819. The lowest BCUT2D eigenvalue weighted by atomic mass is 10.3. The molecule has 1 aromatic rings. The highest BCUT2D eigenvalue weighted by molar-refractivity contribution is 9.09. The Morgan fingerprint density at radius 3 is 3.00 bits per heavy atom. The molecule has 13 heavy (non-hydrogen) atoms. The summed E-state index contributed by atoms with van der Waals surface area (Å²) in [5.74, 6) is -0.132. The number of nitrogens with zero attached hydrogens (tertiary/aromatic N) is 1. The van der Waals surface area contributed by atoms with Gasteiger partial charge in [-0.2, -0.15) is 0 Å². The molecule has 4 heteroatoms. The molecule has 0 saturated carbocycles. The van der Waals surface area contributed by atoms with Gasteiger partial charge in [-0.25, -0.2) is 0 Å². The predicted octanol–water partition coefficient (Wildman–Crippen LogP) is 1.59. The van der Waals surface area contributed by atoms with Crippen molar-refractivity contribution >= 4 is 21.8 Å². The maximum absolute atomic E-state index is 11.4. The number of pyridine rings is 1. The first kappa shape index (κ1) is 10.2. The highest BCUT2D eigenvalue weighted by atomic mass is 79.9. The van der Waals surface area contributed by atoms with Crippen molar-refractivity contribution < 1.29 is 4.79 Å². The molecule has 1 heterocycles. The van der Waals surface area contributed by atoms with Gasteiger partial charge in [0, 0.05) is 17.6 Å². The fourth-order valence-corrected chi connectivity index (χ4v) is 0.983. The van der Waals surface area contributed by atoms with Gasteiger partial charge in [0.05, 0.1) is 0 Å². The second-order valence-corrected chi connectivity index (χ2v) is 4.27. The van der Waals surface area contributed by atoms with E-state index in [1.807, 2.05) is 6.92 Å². The summed E-state index contributed by atoms with van der Waals surface area (Å²) in [7, 11) is 0. The summed E-state index contributed by atoms with van der Waals surface area (Å²) in [6.07, 6.45) is 1.60. The van der Waals surface area contributed by atoms with E-state index < -0.39 is 0 Å². The van der Waals surface area contributed by atoms with Crippen LogP contribution in [0, 0.1) is 0 Å². The third-order valence-corrected chi connectivity index (χ3v) is 1.77. The van der Waals surface area contributed by atoms with Gasteiger partial charge in [0.25, 0.3) is 5.91 Å². The normalized spacial score (nSPS) is 12.2. The SMILES string of the molecule is CC(Br)CNC(=O)c1ccccn1. The minimum atomic E-state index is -0.132. The maximum atomic E-state index is 11.4. The Balaban J connectivity index is 2.50. The second-order valence-electron chi connectivity index (χ2n) is 2.71. The van der Waals surface area contributed by atoms with Crippen LogP contribution >= 0.6 is 15.9 Å². The molecule has 1 unspecified atom stereocenters. The van der Waals surface area contributed by atoms with Gasteiger partial charge < -0.3 is 5.32 Å². The third-order valence-electron chi connectivity index (χ3n) is 1.44. The molecule has 70 valence electrons. The van der Waals surface area contributed by atoms with E-state index in [1.54, 1.807) is 24.4 Å². The minimum Gasteiger partial charge on any atom is -0.350 e. The van der Waals surface area contributed by atoms with Crippen LogP contribution in [0.1, 0.15) is 17.4 Å². The summed E-state index contributed by atoms with van der Waals surface area (Å²) in [6, 6.07) is 5.26. The zero-order chi connectivity index (χ0) is 9.68. The van der Waals surface area contributed by atoms with Crippen LogP contribution in [0.5, 0.6) is 0 Å². The van der Waals surface area contributed by atoms with E-state index in [4.69, 9.17) is 0 Å². The van der Waals surface area contributed by atoms with Crippen LogP contribution in [0.3, 0.4) is 0 Å². The van der Waals surface area contributed by atoms with Crippen LogP contribution in [0.25, 0.3) is 0 Å². The van der Waals surface area contributed by atoms with Gasteiger partial charge in [0.15, 0.2) is 0 Å². The van der Waals surface area contributed by atoms with Crippen molar-refractivity contribution in [2.24, 2.45) is 0 Å². The van der Waals surface area contributed by atoms with Crippen molar-refractivity contribution in [2.75, 3.05) is 6.54 Å². The first-order chi connectivity index (χ1) is 6.20. The van der Waals surface area contributed by atoms with E-state index in [1.165, 1.54) is 0 Å². The fraction of sp³-hybridized carbons (Fsp3) is 0.333. The maximum Gasteiger partial charge on any atom is 0.269 e. The molecule has 0 bridgehead atoms. The molecule has 1 atom stereocenters. The van der Waals surface area contributed by atoms with E-state index in [0.29, 0.717) is 12.2 Å². The van der Waals surface area contributed by atoms with E-state index in [2.05, 4.69) is 26.2 Å². The summed E-state index contributed by atoms with van der Waals surface area (Å²) in [5.41, 5.74) is 0.454. The smallest absolute Gasteiger partial charge is 0.269 e. The number of carbonyl (C=O) groups is 1. The molecule has 0 aliphatic rings. The largest absolute Gasteiger partial charge is 0.350 e. The molecule has 1 rings (SSSR count). The molecule has 0 aliphatic carbocycles. The Morgan fingerprint density at radius 1 is 1.69 bits per heavy atom. The highest BCUT2D eigenvalue weighted by Crippen LogP contribution is 1.96. The molecule has 0 spiro atoms. The molecule has 0 aromatic carbocycles. The molecule has 0 aliphatic heterocycles. The number of amides is 1. The van der Waals surface area contributed by atoms with E-state index in [0.717, 1.165) is 0 Å². The number of aromatic nitrogens is 1. The number of halogens is 1.